The van der Waals surface area contributed by atoms with Crippen molar-refractivity contribution < 1.29 is 14.2 Å². The van der Waals surface area contributed by atoms with Crippen LogP contribution < -0.4 is 14.2 Å². The van der Waals surface area contributed by atoms with Crippen LogP contribution in [0.3, 0.4) is 0 Å². The molecule has 0 fully saturated rings. The number of rotatable bonds is 5. The molecule has 0 spiro atoms. The number of benzene rings is 1. The van der Waals surface area contributed by atoms with E-state index >= 15 is 0 Å². The molecular weight excluding hydrogens is 242 g/mol. The topological polar surface area (TPSA) is 32.6 Å². The second kappa shape index (κ2) is 5.43. The van der Waals surface area contributed by atoms with Crippen molar-refractivity contribution >= 4 is 10.9 Å². The molecule has 2 rings (SSSR count). The molecule has 4 nitrogen and oxygen atoms in total. The minimum absolute atomic E-state index is 0.629. The van der Waals surface area contributed by atoms with Crippen molar-refractivity contribution in [3.8, 4) is 17.2 Å². The summed E-state index contributed by atoms with van der Waals surface area (Å²) in [5.41, 5.74) is 2.29. The van der Waals surface area contributed by atoms with Crippen LogP contribution in [0.4, 0.5) is 0 Å². The van der Waals surface area contributed by atoms with Gasteiger partial charge in [-0.25, -0.2) is 0 Å². The summed E-state index contributed by atoms with van der Waals surface area (Å²) in [6, 6.07) is 4.10. The van der Waals surface area contributed by atoms with Gasteiger partial charge in [0, 0.05) is 24.2 Å². The Bertz CT molecular complexity index is 587. The molecule has 0 atom stereocenters. The van der Waals surface area contributed by atoms with Crippen LogP contribution >= 0.6 is 0 Å². The van der Waals surface area contributed by atoms with Gasteiger partial charge in [-0.3, -0.25) is 0 Å². The van der Waals surface area contributed by atoms with Gasteiger partial charge in [0.2, 0.25) is 5.75 Å². The Labute approximate surface area is 113 Å². The molecule has 2 aromatic rings. The maximum atomic E-state index is 5.50. The highest BCUT2D eigenvalue weighted by molar-refractivity contribution is 5.92. The molecule has 0 bridgehead atoms. The summed E-state index contributed by atoms with van der Waals surface area (Å²) in [7, 11) is 6.93. The van der Waals surface area contributed by atoms with Gasteiger partial charge in [-0.05, 0) is 18.9 Å². The first kappa shape index (κ1) is 13.6. The third kappa shape index (κ3) is 2.11. The number of aromatic nitrogens is 1. The summed E-state index contributed by atoms with van der Waals surface area (Å²) < 4.78 is 18.4. The zero-order valence-corrected chi connectivity index (χ0v) is 11.9. The van der Waals surface area contributed by atoms with E-state index in [2.05, 4.69) is 17.6 Å². The van der Waals surface area contributed by atoms with Crippen molar-refractivity contribution in [2.75, 3.05) is 21.3 Å². The summed E-state index contributed by atoms with van der Waals surface area (Å²) in [4.78, 5) is 0. The highest BCUT2D eigenvalue weighted by Gasteiger charge is 2.19. The second-order valence-electron chi connectivity index (χ2n) is 4.38. The van der Waals surface area contributed by atoms with Crippen molar-refractivity contribution in [1.29, 1.82) is 0 Å². The Morgan fingerprint density at radius 2 is 1.74 bits per heavy atom. The first-order valence-electron chi connectivity index (χ1n) is 6.24. The number of aryl methyl sites for hydroxylation is 2. The van der Waals surface area contributed by atoms with Crippen LogP contribution in [0.15, 0.2) is 12.1 Å². The molecule has 4 heteroatoms. The molecule has 103 valence electrons. The lowest BCUT2D eigenvalue weighted by atomic mass is 10.2. The average Bonchev–Trinajstić information content (AvgIpc) is 2.74. The van der Waals surface area contributed by atoms with Crippen molar-refractivity contribution in [2.45, 2.75) is 12.8 Å². The summed E-state index contributed by atoms with van der Waals surface area (Å²) in [6.45, 7) is 3.91. The fourth-order valence-electron chi connectivity index (χ4n) is 2.42. The van der Waals surface area contributed by atoms with E-state index in [1.165, 1.54) is 5.69 Å². The lowest BCUT2D eigenvalue weighted by Crippen LogP contribution is -1.97. The summed E-state index contributed by atoms with van der Waals surface area (Å²) in [6.07, 6.45) is 1.79. The Balaban J connectivity index is 2.77. The van der Waals surface area contributed by atoms with Gasteiger partial charge in [-0.15, -0.1) is 0 Å². The minimum Gasteiger partial charge on any atom is -0.493 e. The van der Waals surface area contributed by atoms with Gasteiger partial charge in [-0.2, -0.15) is 0 Å². The summed E-state index contributed by atoms with van der Waals surface area (Å²) in [5.74, 6) is 2.02. The zero-order valence-electron chi connectivity index (χ0n) is 11.9. The largest absolute Gasteiger partial charge is 0.493 e. The van der Waals surface area contributed by atoms with Crippen molar-refractivity contribution in [3.05, 3.63) is 24.8 Å². The molecular formula is C15H20NO3. The average molecular weight is 262 g/mol. The predicted octanol–water partition coefficient (Wildman–Crippen LogP) is 2.97. The molecule has 1 heterocycles. The smallest absolute Gasteiger partial charge is 0.204 e. The van der Waals surface area contributed by atoms with Crippen LogP contribution in [-0.4, -0.2) is 25.9 Å². The lowest BCUT2D eigenvalue weighted by Gasteiger charge is -2.13. The highest BCUT2D eigenvalue weighted by atomic mass is 16.5. The molecule has 0 saturated carbocycles. The minimum atomic E-state index is 0.629. The second-order valence-corrected chi connectivity index (χ2v) is 4.38. The summed E-state index contributed by atoms with van der Waals surface area (Å²) >= 11 is 0. The van der Waals surface area contributed by atoms with Gasteiger partial charge < -0.3 is 18.8 Å². The van der Waals surface area contributed by atoms with Crippen LogP contribution in [0.2, 0.25) is 0 Å². The highest BCUT2D eigenvalue weighted by Crippen LogP contribution is 2.44. The van der Waals surface area contributed by atoms with E-state index in [1.54, 1.807) is 21.3 Å². The van der Waals surface area contributed by atoms with Gasteiger partial charge in [0.05, 0.1) is 26.8 Å². The van der Waals surface area contributed by atoms with E-state index in [1.807, 2.05) is 13.1 Å². The van der Waals surface area contributed by atoms with Crippen LogP contribution in [0.1, 0.15) is 12.1 Å². The fraction of sp³-hybridized carbons (Fsp3) is 0.400. The molecule has 0 aliphatic rings. The van der Waals surface area contributed by atoms with Crippen molar-refractivity contribution in [1.82, 2.24) is 4.57 Å². The van der Waals surface area contributed by atoms with Crippen LogP contribution in [-0.2, 0) is 13.5 Å². The van der Waals surface area contributed by atoms with E-state index in [0.717, 1.165) is 23.7 Å². The van der Waals surface area contributed by atoms with Crippen molar-refractivity contribution in [3.63, 3.8) is 0 Å². The van der Waals surface area contributed by atoms with E-state index in [-0.39, 0.29) is 0 Å². The van der Waals surface area contributed by atoms with E-state index in [4.69, 9.17) is 14.2 Å². The van der Waals surface area contributed by atoms with E-state index in [0.29, 0.717) is 17.2 Å². The lowest BCUT2D eigenvalue weighted by molar-refractivity contribution is 0.327. The molecule has 0 amide bonds. The third-order valence-electron chi connectivity index (χ3n) is 3.38. The molecule has 1 aromatic heterocycles. The quantitative estimate of drug-likeness (QED) is 0.830. The molecule has 0 N–H and O–H groups in total. The number of ether oxygens (including phenoxy) is 3. The van der Waals surface area contributed by atoms with Crippen LogP contribution in [0, 0.1) is 6.92 Å². The van der Waals surface area contributed by atoms with Crippen LogP contribution in [0.5, 0.6) is 17.2 Å². The monoisotopic (exact) mass is 262 g/mol. The third-order valence-corrected chi connectivity index (χ3v) is 3.38. The number of methoxy groups -OCH3 is 3. The van der Waals surface area contributed by atoms with Gasteiger partial charge in [0.15, 0.2) is 11.5 Å². The Hall–Kier alpha value is -1.84. The van der Waals surface area contributed by atoms with Gasteiger partial charge in [0.25, 0.3) is 0 Å². The first-order valence-corrected chi connectivity index (χ1v) is 6.24. The normalized spacial score (nSPS) is 10.8. The number of hydrogen-bond donors (Lipinski definition) is 0. The van der Waals surface area contributed by atoms with Gasteiger partial charge in [0.1, 0.15) is 0 Å². The van der Waals surface area contributed by atoms with Crippen LogP contribution in [0.25, 0.3) is 10.9 Å². The molecule has 0 saturated heterocycles. The first-order chi connectivity index (χ1) is 9.17. The van der Waals surface area contributed by atoms with Gasteiger partial charge >= 0.3 is 0 Å². The number of nitrogens with zero attached hydrogens (tertiary/aromatic N) is 1. The molecule has 0 unspecified atom stereocenters. The zero-order chi connectivity index (χ0) is 14.0. The fourth-order valence-corrected chi connectivity index (χ4v) is 2.42. The molecule has 19 heavy (non-hydrogen) atoms. The predicted molar refractivity (Wildman–Crippen MR) is 76.3 cm³/mol. The number of fused-ring (bicyclic) bond motifs is 1. The maximum absolute atomic E-state index is 5.50. The SMILES string of the molecule is [CH2]CCc1cc2c(OC)c(OC)c(OC)cc2n1C. The standard InChI is InChI=1S/C15H20NO3/c1-6-7-10-8-11-12(16(10)2)9-13(17-3)15(19-5)14(11)18-4/h8-9H,1,6-7H2,2-5H3. The number of hydrogen-bond acceptors (Lipinski definition) is 3. The van der Waals surface area contributed by atoms with E-state index < -0.39 is 0 Å². The summed E-state index contributed by atoms with van der Waals surface area (Å²) in [5, 5.41) is 1.03. The van der Waals surface area contributed by atoms with E-state index in [9.17, 15) is 0 Å². The Kier molecular flexibility index (Phi) is 3.88. The van der Waals surface area contributed by atoms with Gasteiger partial charge in [-0.1, -0.05) is 6.92 Å². The Morgan fingerprint density at radius 1 is 1.05 bits per heavy atom. The molecule has 1 radical (unpaired) electrons. The maximum Gasteiger partial charge on any atom is 0.204 e. The molecule has 0 aliphatic carbocycles. The Morgan fingerprint density at radius 3 is 2.26 bits per heavy atom. The molecule has 1 aromatic carbocycles. The van der Waals surface area contributed by atoms with Crippen molar-refractivity contribution in [2.24, 2.45) is 7.05 Å². The molecule has 0 aliphatic heterocycles.